The van der Waals surface area contributed by atoms with Gasteiger partial charge in [-0.3, -0.25) is 9.59 Å². The molecule has 0 atom stereocenters. The minimum absolute atomic E-state index is 0.288. The molecule has 2 amide bonds. The summed E-state index contributed by atoms with van der Waals surface area (Å²) in [5, 5.41) is 5.11. The highest BCUT2D eigenvalue weighted by molar-refractivity contribution is 6.43. The normalized spacial score (nSPS) is 13.5. The molecule has 152 valence electrons. The number of rotatable bonds is 5. The molecule has 1 aliphatic rings. The van der Waals surface area contributed by atoms with E-state index < -0.39 is 17.8 Å². The lowest BCUT2D eigenvalue weighted by Crippen LogP contribution is -2.30. The zero-order valence-electron chi connectivity index (χ0n) is 16.4. The quantitative estimate of drug-likeness (QED) is 0.598. The molecule has 0 spiro atoms. The van der Waals surface area contributed by atoms with E-state index in [2.05, 4.69) is 15.5 Å². The summed E-state index contributed by atoms with van der Waals surface area (Å²) in [4.78, 5) is 38.2. The summed E-state index contributed by atoms with van der Waals surface area (Å²) in [7, 11) is 0. The number of nitrogens with one attached hydrogen (secondary N) is 2. The van der Waals surface area contributed by atoms with Crippen molar-refractivity contribution in [1.82, 2.24) is 0 Å². The molecule has 1 aliphatic heterocycles. The van der Waals surface area contributed by atoms with E-state index in [4.69, 9.17) is 4.74 Å². The Bertz CT molecular complexity index is 857. The fraction of sp³-hybridized carbons (Fsp3) is 0.318. The molecule has 0 bridgehead atoms. The molecule has 7 heteroatoms. The number of piperidine rings is 1. The van der Waals surface area contributed by atoms with Gasteiger partial charge in [0.2, 0.25) is 0 Å². The van der Waals surface area contributed by atoms with Crippen LogP contribution in [0.5, 0.6) is 0 Å². The number of hydrogen-bond donors (Lipinski definition) is 2. The van der Waals surface area contributed by atoms with Gasteiger partial charge < -0.3 is 20.3 Å². The molecule has 3 rings (SSSR count). The van der Waals surface area contributed by atoms with Gasteiger partial charge >= 0.3 is 17.8 Å². The minimum atomic E-state index is -0.783. The molecular formula is C22H25N3O4. The van der Waals surface area contributed by atoms with Crippen LogP contribution in [0.2, 0.25) is 0 Å². The Balaban J connectivity index is 1.53. The maximum atomic E-state index is 12.2. The lowest BCUT2D eigenvalue weighted by Gasteiger charge is -2.28. The van der Waals surface area contributed by atoms with Crippen LogP contribution in [-0.4, -0.2) is 37.5 Å². The predicted octanol–water partition coefficient (Wildman–Crippen LogP) is 3.43. The first-order valence-corrected chi connectivity index (χ1v) is 9.81. The number of anilines is 3. The van der Waals surface area contributed by atoms with Gasteiger partial charge in [0.1, 0.15) is 0 Å². The van der Waals surface area contributed by atoms with E-state index in [-0.39, 0.29) is 6.61 Å². The molecule has 2 aromatic rings. The second kappa shape index (κ2) is 9.73. The van der Waals surface area contributed by atoms with Crippen molar-refractivity contribution in [3.05, 3.63) is 54.1 Å². The maximum Gasteiger partial charge on any atom is 0.338 e. The zero-order valence-corrected chi connectivity index (χ0v) is 16.4. The maximum absolute atomic E-state index is 12.2. The summed E-state index contributed by atoms with van der Waals surface area (Å²) in [6.45, 7) is 4.11. The number of nitrogens with zero attached hydrogens (tertiary/aromatic N) is 1. The van der Waals surface area contributed by atoms with Crippen LogP contribution in [0.3, 0.4) is 0 Å². The molecule has 0 unspecified atom stereocenters. The van der Waals surface area contributed by atoms with Gasteiger partial charge in [-0.15, -0.1) is 0 Å². The molecule has 0 aliphatic carbocycles. The van der Waals surface area contributed by atoms with E-state index in [0.717, 1.165) is 18.8 Å². The summed E-state index contributed by atoms with van der Waals surface area (Å²) in [6.07, 6.45) is 3.66. The van der Waals surface area contributed by atoms with Gasteiger partial charge in [-0.2, -0.15) is 0 Å². The van der Waals surface area contributed by atoms with Crippen LogP contribution >= 0.6 is 0 Å². The van der Waals surface area contributed by atoms with Gasteiger partial charge in [-0.25, -0.2) is 4.79 Å². The van der Waals surface area contributed by atoms with Crippen LogP contribution < -0.4 is 15.5 Å². The molecular weight excluding hydrogens is 370 g/mol. The van der Waals surface area contributed by atoms with Gasteiger partial charge in [-0.1, -0.05) is 0 Å². The summed E-state index contributed by atoms with van der Waals surface area (Å²) in [6, 6.07) is 13.7. The van der Waals surface area contributed by atoms with Crippen molar-refractivity contribution in [3.63, 3.8) is 0 Å². The third kappa shape index (κ3) is 5.57. The molecule has 1 heterocycles. The molecule has 29 heavy (non-hydrogen) atoms. The highest BCUT2D eigenvalue weighted by atomic mass is 16.5. The van der Waals surface area contributed by atoms with E-state index in [0.29, 0.717) is 16.9 Å². The van der Waals surface area contributed by atoms with Crippen LogP contribution in [0.4, 0.5) is 17.1 Å². The van der Waals surface area contributed by atoms with Crippen molar-refractivity contribution in [2.75, 3.05) is 35.2 Å². The first-order chi connectivity index (χ1) is 14.1. The van der Waals surface area contributed by atoms with E-state index >= 15 is 0 Å². The van der Waals surface area contributed by atoms with Gasteiger partial charge in [0.15, 0.2) is 0 Å². The number of ether oxygens (including phenoxy) is 1. The Morgan fingerprint density at radius 3 is 1.86 bits per heavy atom. The van der Waals surface area contributed by atoms with Gasteiger partial charge in [0.25, 0.3) is 0 Å². The highest BCUT2D eigenvalue weighted by Crippen LogP contribution is 2.21. The van der Waals surface area contributed by atoms with E-state index in [1.54, 1.807) is 31.2 Å². The Morgan fingerprint density at radius 2 is 1.34 bits per heavy atom. The van der Waals surface area contributed by atoms with Gasteiger partial charge in [0.05, 0.1) is 12.2 Å². The number of benzene rings is 2. The second-order valence-electron chi connectivity index (χ2n) is 6.80. The topological polar surface area (TPSA) is 87.7 Å². The van der Waals surface area contributed by atoms with Crippen molar-refractivity contribution in [2.24, 2.45) is 0 Å². The van der Waals surface area contributed by atoms with Gasteiger partial charge in [0, 0.05) is 30.2 Å². The third-order valence-corrected chi connectivity index (χ3v) is 4.71. The average Bonchev–Trinajstić information content (AvgIpc) is 2.75. The number of carbonyl (C=O) groups excluding carboxylic acids is 3. The second-order valence-corrected chi connectivity index (χ2v) is 6.80. The Hall–Kier alpha value is -3.35. The van der Waals surface area contributed by atoms with Crippen LogP contribution in [0, 0.1) is 0 Å². The first-order valence-electron chi connectivity index (χ1n) is 9.81. The molecule has 2 aromatic carbocycles. The summed E-state index contributed by atoms with van der Waals surface area (Å²) in [5.74, 6) is -1.98. The molecule has 7 nitrogen and oxygen atoms in total. The third-order valence-electron chi connectivity index (χ3n) is 4.71. The van der Waals surface area contributed by atoms with E-state index in [9.17, 15) is 14.4 Å². The average molecular weight is 395 g/mol. The molecule has 0 aromatic heterocycles. The van der Waals surface area contributed by atoms with E-state index in [1.807, 2.05) is 12.1 Å². The lowest BCUT2D eigenvalue weighted by molar-refractivity contribution is -0.132. The SMILES string of the molecule is CCOC(=O)c1ccc(NC(=O)C(=O)Nc2ccc(N3CCCCC3)cc2)cc1. The van der Waals surface area contributed by atoms with Crippen LogP contribution in [-0.2, 0) is 14.3 Å². The largest absolute Gasteiger partial charge is 0.462 e. The van der Waals surface area contributed by atoms with Crippen molar-refractivity contribution < 1.29 is 19.1 Å². The number of carbonyl (C=O) groups is 3. The molecule has 1 saturated heterocycles. The van der Waals surface area contributed by atoms with E-state index in [1.165, 1.54) is 31.4 Å². The highest BCUT2D eigenvalue weighted by Gasteiger charge is 2.15. The number of esters is 1. The monoisotopic (exact) mass is 395 g/mol. The van der Waals surface area contributed by atoms with Crippen LogP contribution in [0.15, 0.2) is 48.5 Å². The summed E-state index contributed by atoms with van der Waals surface area (Å²) < 4.78 is 4.91. The summed E-state index contributed by atoms with van der Waals surface area (Å²) >= 11 is 0. The van der Waals surface area contributed by atoms with Crippen molar-refractivity contribution in [2.45, 2.75) is 26.2 Å². The lowest BCUT2D eigenvalue weighted by atomic mass is 10.1. The molecule has 0 radical (unpaired) electrons. The standard InChI is InChI=1S/C22H25N3O4/c1-2-29-22(28)16-6-8-17(9-7-16)23-20(26)21(27)24-18-10-12-19(13-11-18)25-14-4-3-5-15-25/h6-13H,2-5,14-15H2,1H3,(H,23,26)(H,24,27). The Morgan fingerprint density at radius 1 is 0.828 bits per heavy atom. The molecule has 2 N–H and O–H groups in total. The fourth-order valence-corrected chi connectivity index (χ4v) is 3.19. The predicted molar refractivity (Wildman–Crippen MR) is 112 cm³/mol. The van der Waals surface area contributed by atoms with Crippen molar-refractivity contribution in [1.29, 1.82) is 0 Å². The Labute approximate surface area is 170 Å². The van der Waals surface area contributed by atoms with Crippen molar-refractivity contribution in [3.8, 4) is 0 Å². The molecule has 0 saturated carbocycles. The van der Waals surface area contributed by atoms with Gasteiger partial charge in [-0.05, 0) is 74.7 Å². The smallest absolute Gasteiger partial charge is 0.338 e. The molecule has 1 fully saturated rings. The zero-order chi connectivity index (χ0) is 20.6. The first kappa shape index (κ1) is 20.4. The minimum Gasteiger partial charge on any atom is -0.462 e. The van der Waals surface area contributed by atoms with Crippen LogP contribution in [0.1, 0.15) is 36.5 Å². The fourth-order valence-electron chi connectivity index (χ4n) is 3.19. The van der Waals surface area contributed by atoms with Crippen molar-refractivity contribution >= 4 is 34.8 Å². The number of amides is 2. The Kier molecular flexibility index (Phi) is 6.84. The summed E-state index contributed by atoms with van der Waals surface area (Å²) in [5.41, 5.74) is 2.47. The van der Waals surface area contributed by atoms with Crippen LogP contribution in [0.25, 0.3) is 0 Å². The number of hydrogen-bond acceptors (Lipinski definition) is 5.